The highest BCUT2D eigenvalue weighted by Crippen LogP contribution is 2.19. The molecular formula is C19H36Cl2O4. The highest BCUT2D eigenvalue weighted by molar-refractivity contribution is 6.43. The van der Waals surface area contributed by atoms with E-state index >= 15 is 0 Å². The Morgan fingerprint density at radius 1 is 0.920 bits per heavy atom. The van der Waals surface area contributed by atoms with Crippen molar-refractivity contribution in [3.8, 4) is 0 Å². The topological polar surface area (TPSA) is 44.8 Å². The first-order valence-electron chi connectivity index (χ1n) is 9.54. The number of carbonyl (C=O) groups excluding carboxylic acids is 1. The molecule has 4 nitrogen and oxygen atoms in total. The van der Waals surface area contributed by atoms with E-state index in [-0.39, 0.29) is 6.10 Å². The van der Waals surface area contributed by atoms with Crippen LogP contribution in [0.2, 0.25) is 0 Å². The smallest absolute Gasteiger partial charge is 0.434 e. The van der Waals surface area contributed by atoms with Gasteiger partial charge < -0.3 is 14.2 Å². The standard InChI is InChI=1S/C19H36Cl2O4/c1-5-6-7-8-9-10-11-13-16(24-17(20)21)14-12-15-23-18(22)25-19(2,3)4/h16-17H,5-15H2,1-4H3. The first-order valence-corrected chi connectivity index (χ1v) is 10.4. The van der Waals surface area contributed by atoms with Crippen LogP contribution >= 0.6 is 23.2 Å². The summed E-state index contributed by atoms with van der Waals surface area (Å²) >= 11 is 11.5. The Morgan fingerprint density at radius 3 is 2.04 bits per heavy atom. The van der Waals surface area contributed by atoms with Gasteiger partial charge in [0.25, 0.3) is 0 Å². The van der Waals surface area contributed by atoms with E-state index in [0.717, 1.165) is 19.3 Å². The van der Waals surface area contributed by atoms with Crippen molar-refractivity contribution in [2.75, 3.05) is 6.61 Å². The molecule has 0 bridgehead atoms. The van der Waals surface area contributed by atoms with Gasteiger partial charge in [0, 0.05) is 0 Å². The fraction of sp³-hybridized carbons (Fsp3) is 0.947. The first kappa shape index (κ1) is 24.8. The van der Waals surface area contributed by atoms with Gasteiger partial charge >= 0.3 is 6.16 Å². The molecule has 0 saturated carbocycles. The van der Waals surface area contributed by atoms with E-state index in [4.69, 9.17) is 37.4 Å². The second-order valence-corrected chi connectivity index (χ2v) is 8.40. The molecular weight excluding hydrogens is 363 g/mol. The van der Waals surface area contributed by atoms with Crippen molar-refractivity contribution in [2.45, 2.75) is 109 Å². The number of alkyl halides is 2. The van der Waals surface area contributed by atoms with Gasteiger partial charge in [0.05, 0.1) is 12.7 Å². The van der Waals surface area contributed by atoms with Gasteiger partial charge in [-0.3, -0.25) is 0 Å². The molecule has 1 atom stereocenters. The zero-order valence-electron chi connectivity index (χ0n) is 16.3. The molecule has 0 rings (SSSR count). The normalized spacial score (nSPS) is 13.1. The molecule has 0 fully saturated rings. The maximum atomic E-state index is 11.5. The van der Waals surface area contributed by atoms with Gasteiger partial charge in [0.15, 0.2) is 0 Å². The Labute approximate surface area is 163 Å². The molecule has 1 unspecified atom stereocenters. The molecule has 0 heterocycles. The monoisotopic (exact) mass is 398 g/mol. The molecule has 0 radical (unpaired) electrons. The highest BCUT2D eigenvalue weighted by atomic mass is 35.5. The molecule has 0 spiro atoms. The molecule has 0 N–H and O–H groups in total. The minimum atomic E-state index is -0.818. The summed E-state index contributed by atoms with van der Waals surface area (Å²) in [6.07, 6.45) is 10.5. The number of unbranched alkanes of at least 4 members (excludes halogenated alkanes) is 6. The lowest BCUT2D eigenvalue weighted by molar-refractivity contribution is -0.0109. The average Bonchev–Trinajstić information content (AvgIpc) is 2.48. The van der Waals surface area contributed by atoms with Crippen LogP contribution in [0, 0.1) is 0 Å². The second-order valence-electron chi connectivity index (χ2n) is 7.38. The maximum absolute atomic E-state index is 11.5. The molecule has 0 aromatic carbocycles. The third kappa shape index (κ3) is 18.4. The molecule has 0 aliphatic rings. The average molecular weight is 399 g/mol. The molecule has 25 heavy (non-hydrogen) atoms. The molecule has 6 heteroatoms. The SMILES string of the molecule is CCCCCCCCCC(CCCOC(=O)OC(C)(C)C)OC(Cl)Cl. The van der Waals surface area contributed by atoms with Crippen molar-refractivity contribution >= 4 is 29.4 Å². The van der Waals surface area contributed by atoms with Crippen LogP contribution in [-0.2, 0) is 14.2 Å². The number of halogens is 2. The Kier molecular flexibility index (Phi) is 14.8. The van der Waals surface area contributed by atoms with Crippen LogP contribution in [0.1, 0.15) is 91.9 Å². The van der Waals surface area contributed by atoms with Crippen LogP contribution in [0.5, 0.6) is 0 Å². The van der Waals surface area contributed by atoms with Crippen LogP contribution in [0.15, 0.2) is 0 Å². The summed E-state index contributed by atoms with van der Waals surface area (Å²) in [7, 11) is 0. The second kappa shape index (κ2) is 14.9. The van der Waals surface area contributed by atoms with Crippen LogP contribution in [-0.4, -0.2) is 29.5 Å². The Bertz CT molecular complexity index is 330. The highest BCUT2D eigenvalue weighted by Gasteiger charge is 2.18. The Balaban J connectivity index is 3.86. The van der Waals surface area contributed by atoms with Crippen molar-refractivity contribution < 1.29 is 19.0 Å². The fourth-order valence-corrected chi connectivity index (χ4v) is 2.79. The third-order valence-electron chi connectivity index (χ3n) is 3.70. The zero-order chi connectivity index (χ0) is 19.1. The minimum absolute atomic E-state index is 0.00196. The van der Waals surface area contributed by atoms with Gasteiger partial charge in [-0.25, -0.2) is 4.79 Å². The summed E-state index contributed by atoms with van der Waals surface area (Å²) in [5.41, 5.74) is -0.537. The van der Waals surface area contributed by atoms with Crippen LogP contribution in [0.3, 0.4) is 0 Å². The van der Waals surface area contributed by atoms with Gasteiger partial charge in [0.1, 0.15) is 5.60 Å². The molecule has 0 saturated heterocycles. The molecule has 0 amide bonds. The Hall–Kier alpha value is -0.190. The molecule has 0 aromatic heterocycles. The van der Waals surface area contributed by atoms with Gasteiger partial charge in [-0.2, -0.15) is 0 Å². The van der Waals surface area contributed by atoms with Crippen molar-refractivity contribution in [1.29, 1.82) is 0 Å². The largest absolute Gasteiger partial charge is 0.508 e. The predicted molar refractivity (Wildman–Crippen MR) is 104 cm³/mol. The van der Waals surface area contributed by atoms with Gasteiger partial charge in [-0.1, -0.05) is 75.1 Å². The predicted octanol–water partition coefficient (Wildman–Crippen LogP) is 7.01. The van der Waals surface area contributed by atoms with E-state index in [1.165, 1.54) is 38.5 Å². The molecule has 0 aromatic rings. The third-order valence-corrected chi connectivity index (χ3v) is 3.91. The van der Waals surface area contributed by atoms with E-state index in [2.05, 4.69) is 6.92 Å². The fourth-order valence-electron chi connectivity index (χ4n) is 2.50. The summed E-state index contributed by atoms with van der Waals surface area (Å²) in [6, 6.07) is 0. The lowest BCUT2D eigenvalue weighted by atomic mass is 10.0. The summed E-state index contributed by atoms with van der Waals surface area (Å²) in [5, 5.41) is -0.818. The van der Waals surface area contributed by atoms with Gasteiger partial charge in [0.2, 0.25) is 5.02 Å². The lowest BCUT2D eigenvalue weighted by Gasteiger charge is -2.20. The zero-order valence-corrected chi connectivity index (χ0v) is 17.8. The van der Waals surface area contributed by atoms with Crippen LogP contribution < -0.4 is 0 Å². The summed E-state index contributed by atoms with van der Waals surface area (Å²) in [4.78, 5) is 11.5. The quantitative estimate of drug-likeness (QED) is 0.179. The van der Waals surface area contributed by atoms with E-state index in [9.17, 15) is 4.79 Å². The molecule has 0 aliphatic heterocycles. The number of hydrogen-bond acceptors (Lipinski definition) is 4. The van der Waals surface area contributed by atoms with Crippen molar-refractivity contribution in [1.82, 2.24) is 0 Å². The van der Waals surface area contributed by atoms with Crippen LogP contribution in [0.25, 0.3) is 0 Å². The summed E-state index contributed by atoms with van der Waals surface area (Å²) < 4.78 is 15.7. The van der Waals surface area contributed by atoms with E-state index < -0.39 is 16.8 Å². The number of hydrogen-bond donors (Lipinski definition) is 0. The van der Waals surface area contributed by atoms with Crippen molar-refractivity contribution in [3.63, 3.8) is 0 Å². The Morgan fingerprint density at radius 2 is 1.48 bits per heavy atom. The van der Waals surface area contributed by atoms with Gasteiger partial charge in [-0.05, 0) is 40.0 Å². The van der Waals surface area contributed by atoms with E-state index in [0.29, 0.717) is 13.0 Å². The van der Waals surface area contributed by atoms with E-state index in [1.54, 1.807) is 0 Å². The van der Waals surface area contributed by atoms with Crippen molar-refractivity contribution in [2.24, 2.45) is 0 Å². The molecule has 0 aliphatic carbocycles. The number of carbonyl (C=O) groups is 1. The molecule has 150 valence electrons. The first-order chi connectivity index (χ1) is 11.7. The number of rotatable bonds is 14. The maximum Gasteiger partial charge on any atom is 0.508 e. The number of ether oxygens (including phenoxy) is 3. The summed E-state index contributed by atoms with van der Waals surface area (Å²) in [5.74, 6) is 0. The lowest BCUT2D eigenvalue weighted by Crippen LogP contribution is -2.25. The van der Waals surface area contributed by atoms with Crippen molar-refractivity contribution in [3.05, 3.63) is 0 Å². The van der Waals surface area contributed by atoms with Gasteiger partial charge in [-0.15, -0.1) is 0 Å². The minimum Gasteiger partial charge on any atom is -0.434 e. The van der Waals surface area contributed by atoms with E-state index in [1.807, 2.05) is 20.8 Å². The van der Waals surface area contributed by atoms with Crippen LogP contribution in [0.4, 0.5) is 4.79 Å². The summed E-state index contributed by atoms with van der Waals surface area (Å²) in [6.45, 7) is 7.95.